The molecule has 1 unspecified atom stereocenters. The highest BCUT2D eigenvalue weighted by molar-refractivity contribution is 5.59. The second kappa shape index (κ2) is 5.90. The van der Waals surface area contributed by atoms with Gasteiger partial charge in [-0.2, -0.15) is 10.4 Å². The first-order valence-electron chi connectivity index (χ1n) is 6.49. The van der Waals surface area contributed by atoms with Crippen molar-refractivity contribution in [2.24, 2.45) is 10.5 Å². The number of unbranched alkanes of at least 4 members (excludes halogenated alkanes) is 3. The molecule has 0 aliphatic carbocycles. The Bertz CT molecular complexity index is 298. The fourth-order valence-electron chi connectivity index (χ4n) is 2.22. The maximum Gasteiger partial charge on any atom is 0.187 e. The van der Waals surface area contributed by atoms with Crippen LogP contribution in [0.2, 0.25) is 0 Å². The summed E-state index contributed by atoms with van der Waals surface area (Å²) >= 11 is 0. The second-order valence-electron chi connectivity index (χ2n) is 5.70. The van der Waals surface area contributed by atoms with Gasteiger partial charge in [-0.15, -0.1) is 0 Å². The van der Waals surface area contributed by atoms with Crippen LogP contribution in [0.3, 0.4) is 0 Å². The predicted molar refractivity (Wildman–Crippen MR) is 70.0 cm³/mol. The highest BCUT2D eigenvalue weighted by Crippen LogP contribution is 2.29. The number of hydrogen-bond acceptors (Lipinski definition) is 4. The van der Waals surface area contributed by atoms with E-state index < -0.39 is 0 Å². The molecule has 0 radical (unpaired) electrons. The Morgan fingerprint density at radius 1 is 1.29 bits per heavy atom. The summed E-state index contributed by atoms with van der Waals surface area (Å²) in [4.78, 5) is 1.65. The van der Waals surface area contributed by atoms with Crippen LogP contribution in [-0.2, 0) is 0 Å². The molecule has 0 saturated heterocycles. The maximum absolute atomic E-state index is 9.09. The number of hydrazone groups is 1. The molecule has 4 nitrogen and oxygen atoms in total. The zero-order valence-corrected chi connectivity index (χ0v) is 11.5. The van der Waals surface area contributed by atoms with Gasteiger partial charge in [0.05, 0.1) is 0 Å². The van der Waals surface area contributed by atoms with Crippen LogP contribution in [-0.4, -0.2) is 29.0 Å². The third-order valence-electron chi connectivity index (χ3n) is 3.00. The summed E-state index contributed by atoms with van der Waals surface area (Å²) in [6, 6.07) is 0. The molecule has 0 saturated carbocycles. The lowest BCUT2D eigenvalue weighted by atomic mass is 9.91. The van der Waals surface area contributed by atoms with Gasteiger partial charge in [0.15, 0.2) is 6.19 Å². The molecule has 0 fully saturated rings. The third-order valence-corrected chi connectivity index (χ3v) is 3.00. The largest absolute Gasteiger partial charge is 0.271 e. The molecule has 1 heterocycles. The maximum atomic E-state index is 9.09. The first-order chi connectivity index (χ1) is 8.00. The molecule has 0 bridgehead atoms. The Hall–Kier alpha value is -1.24. The molecule has 4 heteroatoms. The van der Waals surface area contributed by atoms with Crippen molar-refractivity contribution in [2.45, 2.75) is 59.5 Å². The highest BCUT2D eigenvalue weighted by atomic mass is 15.6. The van der Waals surface area contributed by atoms with Crippen LogP contribution in [0.1, 0.15) is 53.4 Å². The van der Waals surface area contributed by atoms with Crippen molar-refractivity contribution in [1.29, 1.82) is 5.26 Å². The summed E-state index contributed by atoms with van der Waals surface area (Å²) in [6.07, 6.45) is 8.82. The van der Waals surface area contributed by atoms with E-state index in [9.17, 15) is 0 Å². The van der Waals surface area contributed by atoms with Crippen LogP contribution in [0, 0.1) is 16.9 Å². The van der Waals surface area contributed by atoms with E-state index in [4.69, 9.17) is 5.26 Å². The Morgan fingerprint density at radius 3 is 2.53 bits per heavy atom. The molecular formula is C13H24N4. The molecule has 1 aliphatic rings. The SMILES string of the molecule is CCCCCCN1N=CN(C#N)C1C(C)(C)C. The Balaban J connectivity index is 2.54. The van der Waals surface area contributed by atoms with E-state index in [2.05, 4.69) is 44.0 Å². The van der Waals surface area contributed by atoms with Gasteiger partial charge in [0.2, 0.25) is 0 Å². The summed E-state index contributed by atoms with van der Waals surface area (Å²) in [5.41, 5.74) is 0.0248. The van der Waals surface area contributed by atoms with Gasteiger partial charge in [-0.05, 0) is 6.42 Å². The first-order valence-corrected chi connectivity index (χ1v) is 6.49. The lowest BCUT2D eigenvalue weighted by Gasteiger charge is -2.36. The van der Waals surface area contributed by atoms with Crippen molar-refractivity contribution >= 4 is 6.34 Å². The summed E-state index contributed by atoms with van der Waals surface area (Å²) in [5, 5.41) is 15.5. The molecular weight excluding hydrogens is 212 g/mol. The molecule has 0 aromatic rings. The minimum Gasteiger partial charge on any atom is -0.271 e. The van der Waals surface area contributed by atoms with Gasteiger partial charge in [0.25, 0.3) is 0 Å². The van der Waals surface area contributed by atoms with Crippen molar-refractivity contribution in [2.75, 3.05) is 6.54 Å². The van der Waals surface area contributed by atoms with Gasteiger partial charge in [0, 0.05) is 12.0 Å². The molecule has 0 spiro atoms. The minimum atomic E-state index is 0.0248. The van der Waals surface area contributed by atoms with Crippen molar-refractivity contribution in [3.05, 3.63) is 0 Å². The topological polar surface area (TPSA) is 42.6 Å². The average molecular weight is 236 g/mol. The monoisotopic (exact) mass is 236 g/mol. The van der Waals surface area contributed by atoms with E-state index in [0.29, 0.717) is 0 Å². The van der Waals surface area contributed by atoms with Gasteiger partial charge in [-0.25, -0.2) is 4.90 Å². The van der Waals surface area contributed by atoms with Crippen LogP contribution in [0.4, 0.5) is 0 Å². The Morgan fingerprint density at radius 2 is 2.00 bits per heavy atom. The van der Waals surface area contributed by atoms with Crippen LogP contribution >= 0.6 is 0 Å². The van der Waals surface area contributed by atoms with E-state index in [1.165, 1.54) is 19.3 Å². The summed E-state index contributed by atoms with van der Waals surface area (Å²) in [7, 11) is 0. The highest BCUT2D eigenvalue weighted by Gasteiger charge is 2.37. The zero-order chi connectivity index (χ0) is 12.9. The first kappa shape index (κ1) is 13.8. The Kier molecular flexibility index (Phi) is 4.80. The second-order valence-corrected chi connectivity index (χ2v) is 5.70. The predicted octanol–water partition coefficient (Wildman–Crippen LogP) is 2.98. The fraction of sp³-hybridized carbons (Fsp3) is 0.846. The van der Waals surface area contributed by atoms with E-state index >= 15 is 0 Å². The summed E-state index contributed by atoms with van der Waals surface area (Å²) in [5.74, 6) is 0. The molecule has 0 N–H and O–H groups in total. The quantitative estimate of drug-likeness (QED) is 0.544. The van der Waals surface area contributed by atoms with E-state index in [1.807, 2.05) is 0 Å². The molecule has 0 aromatic carbocycles. The molecule has 0 amide bonds. The van der Waals surface area contributed by atoms with Crippen LogP contribution in [0.25, 0.3) is 0 Å². The zero-order valence-electron chi connectivity index (χ0n) is 11.5. The van der Waals surface area contributed by atoms with E-state index in [-0.39, 0.29) is 11.6 Å². The molecule has 1 atom stereocenters. The van der Waals surface area contributed by atoms with Crippen molar-refractivity contribution < 1.29 is 0 Å². The lowest BCUT2D eigenvalue weighted by Crippen LogP contribution is -2.46. The lowest BCUT2D eigenvalue weighted by molar-refractivity contribution is 0.0589. The van der Waals surface area contributed by atoms with Crippen molar-refractivity contribution in [3.63, 3.8) is 0 Å². The fourth-order valence-corrected chi connectivity index (χ4v) is 2.22. The number of nitrogens with zero attached hydrogens (tertiary/aromatic N) is 4. The summed E-state index contributed by atoms with van der Waals surface area (Å²) in [6.45, 7) is 9.60. The average Bonchev–Trinajstić information content (AvgIpc) is 2.67. The molecule has 1 rings (SSSR count). The Labute approximate surface area is 105 Å². The molecule has 0 aromatic heterocycles. The van der Waals surface area contributed by atoms with Crippen LogP contribution < -0.4 is 0 Å². The summed E-state index contributed by atoms with van der Waals surface area (Å²) < 4.78 is 0. The standard InChI is InChI=1S/C13H24N4/c1-5-6-7-8-9-17-12(13(2,3)4)16(10-14)11-15-17/h11-12H,5-9H2,1-4H3. The van der Waals surface area contributed by atoms with Gasteiger partial charge in [-0.3, -0.25) is 5.01 Å². The van der Waals surface area contributed by atoms with Gasteiger partial charge in [-0.1, -0.05) is 47.0 Å². The molecule has 17 heavy (non-hydrogen) atoms. The third kappa shape index (κ3) is 3.62. The number of rotatable bonds is 5. The van der Waals surface area contributed by atoms with Crippen LogP contribution in [0.15, 0.2) is 5.10 Å². The van der Waals surface area contributed by atoms with Crippen LogP contribution in [0.5, 0.6) is 0 Å². The minimum absolute atomic E-state index is 0.0248. The van der Waals surface area contributed by atoms with Gasteiger partial charge >= 0.3 is 0 Å². The van der Waals surface area contributed by atoms with E-state index in [0.717, 1.165) is 13.0 Å². The molecule has 96 valence electrons. The molecule has 1 aliphatic heterocycles. The number of hydrogen-bond donors (Lipinski definition) is 0. The van der Waals surface area contributed by atoms with Gasteiger partial charge in [0.1, 0.15) is 12.5 Å². The smallest absolute Gasteiger partial charge is 0.187 e. The van der Waals surface area contributed by atoms with E-state index in [1.54, 1.807) is 11.2 Å². The number of nitriles is 1. The van der Waals surface area contributed by atoms with Gasteiger partial charge < -0.3 is 0 Å². The van der Waals surface area contributed by atoms with Crippen molar-refractivity contribution in [3.8, 4) is 6.19 Å². The van der Waals surface area contributed by atoms with Crippen molar-refractivity contribution in [1.82, 2.24) is 9.91 Å². The normalized spacial score (nSPS) is 19.8.